The molecule has 156 valence electrons. The molecule has 0 aliphatic carbocycles. The number of hydrogen-bond donors (Lipinski definition) is 0. The molecular formula is C18H21N12-3. The van der Waals surface area contributed by atoms with E-state index < -0.39 is 0 Å². The summed E-state index contributed by atoms with van der Waals surface area (Å²) >= 11 is 0. The fourth-order valence-electron chi connectivity index (χ4n) is 4.19. The molecule has 0 spiro atoms. The van der Waals surface area contributed by atoms with E-state index >= 15 is 0 Å². The van der Waals surface area contributed by atoms with Crippen LogP contribution < -0.4 is 15.3 Å². The molecule has 0 radical (unpaired) electrons. The van der Waals surface area contributed by atoms with Crippen LogP contribution in [0.15, 0.2) is 0 Å². The van der Waals surface area contributed by atoms with Crippen molar-refractivity contribution in [3.8, 4) is 0 Å². The first-order valence-corrected chi connectivity index (χ1v) is 9.94. The van der Waals surface area contributed by atoms with Gasteiger partial charge in [0, 0.05) is 36.7 Å². The molecule has 3 aromatic heterocycles. The van der Waals surface area contributed by atoms with Crippen LogP contribution in [-0.4, -0.2) is 46.6 Å². The molecule has 0 aliphatic rings. The first kappa shape index (κ1) is 19.7. The van der Waals surface area contributed by atoms with Crippen LogP contribution in [0.2, 0.25) is 0 Å². The Morgan fingerprint density at radius 2 is 0.767 bits per heavy atom. The van der Waals surface area contributed by atoms with Crippen LogP contribution in [0.4, 0.5) is 0 Å². The molecule has 0 amide bonds. The normalized spacial score (nSPS) is 11.3. The number of tetrazole rings is 3. The van der Waals surface area contributed by atoms with Crippen LogP contribution in [0.1, 0.15) is 71.6 Å². The second kappa shape index (κ2) is 8.84. The lowest BCUT2D eigenvalue weighted by molar-refractivity contribution is 0.843. The van der Waals surface area contributed by atoms with Crippen molar-refractivity contribution in [3.63, 3.8) is 0 Å². The van der Waals surface area contributed by atoms with Gasteiger partial charge in [-0.2, -0.15) is 15.6 Å². The monoisotopic (exact) mass is 405 g/mol. The fourth-order valence-corrected chi connectivity index (χ4v) is 4.19. The van der Waals surface area contributed by atoms with Crippen molar-refractivity contribution >= 4 is 0 Å². The quantitative estimate of drug-likeness (QED) is 0.354. The number of nitrogens with zero attached hydrogens (tertiary/aromatic N) is 12. The summed E-state index contributed by atoms with van der Waals surface area (Å²) in [5, 5.41) is 46.2. The molecule has 1 aromatic carbocycles. The van der Waals surface area contributed by atoms with Crippen molar-refractivity contribution < 1.29 is 0 Å². The Bertz CT molecular complexity index is 908. The summed E-state index contributed by atoms with van der Waals surface area (Å²) in [5.41, 5.74) is 7.33. The average Bonchev–Trinajstić information content (AvgIpc) is 3.53. The van der Waals surface area contributed by atoms with Gasteiger partial charge in [0.25, 0.3) is 0 Å². The molecule has 0 aliphatic heterocycles. The molecule has 12 nitrogen and oxygen atoms in total. The number of aromatic nitrogens is 12. The maximum atomic E-state index is 4.05. The second-order valence-electron chi connectivity index (χ2n) is 6.85. The summed E-state index contributed by atoms with van der Waals surface area (Å²) in [4.78, 5) is 0. The molecule has 0 unspecified atom stereocenters. The first-order chi connectivity index (χ1) is 14.7. The molecule has 0 fully saturated rings. The Labute approximate surface area is 172 Å². The molecule has 3 heterocycles. The largest absolute Gasteiger partial charge is 0.335 e. The SMILES string of the molecule is CCc1c(Cc2nnn[n-]2)c(CC)c(Cc2nnn[n-]2)c(CC)c1Cc1nnn[n-]1. The summed E-state index contributed by atoms with van der Waals surface area (Å²) in [6, 6.07) is 0. The summed E-state index contributed by atoms with van der Waals surface area (Å²) in [6.45, 7) is 6.46. The van der Waals surface area contributed by atoms with Crippen LogP contribution in [0, 0.1) is 0 Å². The predicted octanol–water partition coefficient (Wildman–Crippen LogP) is -0.427. The van der Waals surface area contributed by atoms with Crippen LogP contribution in [0.5, 0.6) is 0 Å². The van der Waals surface area contributed by atoms with Crippen LogP contribution in [0.3, 0.4) is 0 Å². The van der Waals surface area contributed by atoms with Crippen molar-refractivity contribution in [2.24, 2.45) is 0 Å². The lowest BCUT2D eigenvalue weighted by Crippen LogP contribution is -2.16. The zero-order chi connectivity index (χ0) is 20.9. The second-order valence-corrected chi connectivity index (χ2v) is 6.85. The highest BCUT2D eigenvalue weighted by atomic mass is 15.5. The van der Waals surface area contributed by atoms with Crippen molar-refractivity contribution in [2.75, 3.05) is 0 Å². The maximum Gasteiger partial charge on any atom is 0.0143 e. The molecule has 12 heteroatoms. The van der Waals surface area contributed by atoms with E-state index in [1.807, 2.05) is 0 Å². The topological polar surface area (TPSA) is 158 Å². The van der Waals surface area contributed by atoms with Crippen molar-refractivity contribution in [3.05, 3.63) is 50.9 Å². The summed E-state index contributed by atoms with van der Waals surface area (Å²) in [7, 11) is 0. The van der Waals surface area contributed by atoms with Gasteiger partial charge in [-0.3, -0.25) is 30.9 Å². The molecule has 0 N–H and O–H groups in total. The van der Waals surface area contributed by atoms with E-state index in [2.05, 4.69) is 82.6 Å². The van der Waals surface area contributed by atoms with Gasteiger partial charge >= 0.3 is 0 Å². The Hall–Kier alpha value is -3.57. The van der Waals surface area contributed by atoms with Gasteiger partial charge in [-0.15, -0.1) is 0 Å². The fraction of sp³-hybridized carbons (Fsp3) is 0.500. The van der Waals surface area contributed by atoms with Crippen molar-refractivity contribution in [1.29, 1.82) is 0 Å². The van der Waals surface area contributed by atoms with Gasteiger partial charge < -0.3 is 15.3 Å². The first-order valence-electron chi connectivity index (χ1n) is 9.94. The van der Waals surface area contributed by atoms with E-state index in [4.69, 9.17) is 0 Å². The van der Waals surface area contributed by atoms with Crippen molar-refractivity contribution in [2.45, 2.75) is 59.3 Å². The molecule has 30 heavy (non-hydrogen) atoms. The Kier molecular flexibility index (Phi) is 5.82. The van der Waals surface area contributed by atoms with Gasteiger partial charge in [-0.1, -0.05) is 20.8 Å². The number of hydrogen-bond acceptors (Lipinski definition) is 9. The summed E-state index contributed by atoms with van der Waals surface area (Å²) in [5.74, 6) is 1.80. The van der Waals surface area contributed by atoms with Gasteiger partial charge in [-0.05, 0) is 52.6 Å². The highest BCUT2D eigenvalue weighted by molar-refractivity contribution is 5.54. The molecule has 4 aromatic rings. The highest BCUT2D eigenvalue weighted by Crippen LogP contribution is 2.33. The number of benzene rings is 1. The van der Waals surface area contributed by atoms with Gasteiger partial charge in [0.15, 0.2) is 0 Å². The van der Waals surface area contributed by atoms with Gasteiger partial charge in [-0.25, -0.2) is 0 Å². The Morgan fingerprint density at radius 3 is 0.967 bits per heavy atom. The van der Waals surface area contributed by atoms with Gasteiger partial charge in [0.2, 0.25) is 0 Å². The minimum Gasteiger partial charge on any atom is -0.335 e. The summed E-state index contributed by atoms with van der Waals surface area (Å²) < 4.78 is 0. The minimum atomic E-state index is 0.556. The van der Waals surface area contributed by atoms with E-state index in [0.717, 1.165) is 19.3 Å². The minimum absolute atomic E-state index is 0.556. The smallest absolute Gasteiger partial charge is 0.0143 e. The van der Waals surface area contributed by atoms with E-state index in [-0.39, 0.29) is 0 Å². The summed E-state index contributed by atoms with van der Waals surface area (Å²) in [6.07, 6.45) is 4.22. The molecule has 0 atom stereocenters. The standard InChI is InChI=1S/C18H21N12/c1-4-10-13(7-16-19-25-26-20-16)11(5-2)15(9-18-23-29-30-24-18)12(6-3)14(10)8-17-21-27-28-22-17/h4-9H2,1-3H3/q-3. The molecular weight excluding hydrogens is 384 g/mol. The number of rotatable bonds is 9. The Balaban J connectivity index is 1.94. The Morgan fingerprint density at radius 1 is 0.467 bits per heavy atom. The van der Waals surface area contributed by atoms with Crippen LogP contribution in [-0.2, 0) is 38.5 Å². The zero-order valence-electron chi connectivity index (χ0n) is 17.1. The third-order valence-corrected chi connectivity index (χ3v) is 5.33. The third kappa shape index (κ3) is 3.80. The van der Waals surface area contributed by atoms with Gasteiger partial charge in [0.1, 0.15) is 0 Å². The highest BCUT2D eigenvalue weighted by Gasteiger charge is 2.21. The molecule has 0 saturated heterocycles. The van der Waals surface area contributed by atoms with Crippen LogP contribution in [0.25, 0.3) is 0 Å². The molecule has 0 saturated carbocycles. The van der Waals surface area contributed by atoms with E-state index in [1.54, 1.807) is 0 Å². The van der Waals surface area contributed by atoms with Crippen molar-refractivity contribution in [1.82, 2.24) is 61.9 Å². The van der Waals surface area contributed by atoms with Crippen LogP contribution >= 0.6 is 0 Å². The lowest BCUT2D eigenvalue weighted by Gasteiger charge is -2.26. The maximum absolute atomic E-state index is 4.05. The third-order valence-electron chi connectivity index (χ3n) is 5.33. The average molecular weight is 405 g/mol. The molecule has 4 rings (SSSR count). The van der Waals surface area contributed by atoms with Gasteiger partial charge in [0.05, 0.1) is 0 Å². The predicted molar refractivity (Wildman–Crippen MR) is 102 cm³/mol. The lowest BCUT2D eigenvalue weighted by atomic mass is 9.80. The van der Waals surface area contributed by atoms with E-state index in [1.165, 1.54) is 33.4 Å². The van der Waals surface area contributed by atoms with E-state index in [9.17, 15) is 0 Å². The molecule has 0 bridgehead atoms. The zero-order valence-corrected chi connectivity index (χ0v) is 17.1. The van der Waals surface area contributed by atoms with E-state index in [0.29, 0.717) is 36.7 Å².